The number of rotatable bonds is 8. The van der Waals surface area contributed by atoms with Gasteiger partial charge in [-0.1, -0.05) is 31.5 Å². The maximum absolute atomic E-state index is 12.2. The average Bonchev–Trinajstić information content (AvgIpc) is 2.88. The van der Waals surface area contributed by atoms with Crippen LogP contribution in [0, 0.1) is 13.8 Å². The van der Waals surface area contributed by atoms with Gasteiger partial charge in [0, 0.05) is 22.9 Å². The van der Waals surface area contributed by atoms with Gasteiger partial charge in [0.1, 0.15) is 11.5 Å². The van der Waals surface area contributed by atoms with E-state index in [-0.39, 0.29) is 17.4 Å². The molecule has 1 atom stereocenters. The molecule has 1 N–H and O–H groups in total. The molecule has 0 bridgehead atoms. The summed E-state index contributed by atoms with van der Waals surface area (Å²) in [7, 11) is -1.30. The van der Waals surface area contributed by atoms with Gasteiger partial charge in [-0.05, 0) is 31.9 Å². The Bertz CT molecular complexity index is 725. The van der Waals surface area contributed by atoms with Crippen molar-refractivity contribution >= 4 is 16.7 Å². The molecular formula is C18H24N2O3S. The minimum Gasteiger partial charge on any atom is -0.441 e. The summed E-state index contributed by atoms with van der Waals surface area (Å²) in [4.78, 5) is 16.2. The van der Waals surface area contributed by atoms with Crippen LogP contribution in [0.5, 0.6) is 0 Å². The molecule has 1 aromatic carbocycles. The van der Waals surface area contributed by atoms with Gasteiger partial charge < -0.3 is 9.73 Å². The maximum atomic E-state index is 12.2. The Morgan fingerprint density at radius 1 is 1.29 bits per heavy atom. The number of benzene rings is 1. The molecule has 24 heavy (non-hydrogen) atoms. The molecule has 0 radical (unpaired) electrons. The minimum atomic E-state index is -1.30. The molecule has 1 heterocycles. The topological polar surface area (TPSA) is 72.2 Å². The Kier molecular flexibility index (Phi) is 6.73. The lowest BCUT2D eigenvalue weighted by atomic mass is 10.1. The second-order valence-electron chi connectivity index (χ2n) is 5.77. The number of hydrogen-bond donors (Lipinski definition) is 1. The number of carbonyl (C=O) groups is 1. The van der Waals surface area contributed by atoms with Crippen molar-refractivity contribution in [1.82, 2.24) is 10.3 Å². The molecule has 0 aliphatic carbocycles. The minimum absolute atomic E-state index is 0.00425. The summed E-state index contributed by atoms with van der Waals surface area (Å²) in [5.74, 6) is 1.22. The molecule has 0 spiro atoms. The smallest absolute Gasteiger partial charge is 0.232 e. The van der Waals surface area contributed by atoms with Crippen molar-refractivity contribution in [2.45, 2.75) is 39.4 Å². The van der Waals surface area contributed by atoms with E-state index in [0.29, 0.717) is 23.9 Å². The first-order valence-electron chi connectivity index (χ1n) is 8.15. The predicted octanol–water partition coefficient (Wildman–Crippen LogP) is 3.12. The number of aromatic nitrogens is 1. The quantitative estimate of drug-likeness (QED) is 0.744. The molecule has 2 rings (SSSR count). The highest BCUT2D eigenvalue weighted by Gasteiger charge is 2.16. The maximum Gasteiger partial charge on any atom is 0.232 e. The zero-order valence-electron chi connectivity index (χ0n) is 14.4. The largest absolute Gasteiger partial charge is 0.441 e. The second kappa shape index (κ2) is 8.78. The third-order valence-corrected chi connectivity index (χ3v) is 4.89. The van der Waals surface area contributed by atoms with Crippen molar-refractivity contribution in [2.24, 2.45) is 0 Å². The van der Waals surface area contributed by atoms with Crippen molar-refractivity contribution in [1.29, 1.82) is 0 Å². The Balaban J connectivity index is 1.99. The standard InChI is InChI=1S/C18H24N2O3S/c1-4-5-10-19-17(21)12-24(22)11-16-14(3)23-18(20-16)15-9-7-6-8-13(15)2/h6-9H,4-5,10-12H2,1-3H3,(H,19,21)/t24-/m1/s1. The summed E-state index contributed by atoms with van der Waals surface area (Å²) in [6.45, 7) is 6.49. The summed E-state index contributed by atoms with van der Waals surface area (Å²) in [6, 6.07) is 7.83. The van der Waals surface area contributed by atoms with E-state index in [1.807, 2.05) is 38.1 Å². The highest BCUT2D eigenvalue weighted by Crippen LogP contribution is 2.25. The lowest BCUT2D eigenvalue weighted by Crippen LogP contribution is -2.29. The molecule has 0 aliphatic rings. The lowest BCUT2D eigenvalue weighted by Gasteiger charge is -2.03. The molecule has 0 aliphatic heterocycles. The van der Waals surface area contributed by atoms with Crippen molar-refractivity contribution in [3.8, 4) is 11.5 Å². The second-order valence-corrected chi connectivity index (χ2v) is 7.23. The van der Waals surface area contributed by atoms with Gasteiger partial charge in [-0.2, -0.15) is 0 Å². The number of aryl methyl sites for hydroxylation is 2. The molecule has 1 aromatic heterocycles. The van der Waals surface area contributed by atoms with Crippen LogP contribution in [0.1, 0.15) is 36.8 Å². The Labute approximate surface area is 145 Å². The van der Waals surface area contributed by atoms with Crippen LogP contribution in [0.2, 0.25) is 0 Å². The third kappa shape index (κ3) is 5.03. The number of amides is 1. The van der Waals surface area contributed by atoms with Gasteiger partial charge in [0.2, 0.25) is 11.8 Å². The Hall–Kier alpha value is -1.95. The van der Waals surface area contributed by atoms with E-state index in [0.717, 1.165) is 24.0 Å². The highest BCUT2D eigenvalue weighted by molar-refractivity contribution is 7.84. The van der Waals surface area contributed by atoms with Gasteiger partial charge in [-0.25, -0.2) is 4.98 Å². The van der Waals surface area contributed by atoms with E-state index < -0.39 is 10.8 Å². The third-order valence-electron chi connectivity index (χ3n) is 3.71. The van der Waals surface area contributed by atoms with E-state index in [1.54, 1.807) is 0 Å². The first-order valence-corrected chi connectivity index (χ1v) is 9.64. The van der Waals surface area contributed by atoms with Gasteiger partial charge in [0.25, 0.3) is 0 Å². The molecule has 5 nitrogen and oxygen atoms in total. The molecule has 1 amide bonds. The van der Waals surface area contributed by atoms with Crippen LogP contribution in [0.15, 0.2) is 28.7 Å². The van der Waals surface area contributed by atoms with Gasteiger partial charge in [-0.15, -0.1) is 0 Å². The van der Waals surface area contributed by atoms with E-state index >= 15 is 0 Å². The summed E-state index contributed by atoms with van der Waals surface area (Å²) < 4.78 is 17.9. The number of oxazole rings is 1. The van der Waals surface area contributed by atoms with Crippen LogP contribution < -0.4 is 5.32 Å². The average molecular weight is 348 g/mol. The zero-order valence-corrected chi connectivity index (χ0v) is 15.2. The lowest BCUT2D eigenvalue weighted by molar-refractivity contribution is -0.118. The molecule has 2 aromatic rings. The van der Waals surface area contributed by atoms with Crippen molar-refractivity contribution < 1.29 is 13.4 Å². The Morgan fingerprint density at radius 2 is 2.04 bits per heavy atom. The molecule has 0 fully saturated rings. The van der Waals surface area contributed by atoms with Crippen molar-refractivity contribution in [2.75, 3.05) is 12.3 Å². The fourth-order valence-electron chi connectivity index (χ4n) is 2.30. The van der Waals surface area contributed by atoms with Crippen LogP contribution >= 0.6 is 0 Å². The van der Waals surface area contributed by atoms with Gasteiger partial charge >= 0.3 is 0 Å². The number of nitrogens with zero attached hydrogens (tertiary/aromatic N) is 1. The number of unbranched alkanes of at least 4 members (excludes halogenated alkanes) is 1. The normalized spacial score (nSPS) is 12.1. The summed E-state index contributed by atoms with van der Waals surface area (Å²) in [5.41, 5.74) is 2.64. The van der Waals surface area contributed by atoms with Crippen molar-refractivity contribution in [3.63, 3.8) is 0 Å². The van der Waals surface area contributed by atoms with Gasteiger partial charge in [-0.3, -0.25) is 9.00 Å². The molecular weight excluding hydrogens is 324 g/mol. The van der Waals surface area contributed by atoms with Crippen LogP contribution in [0.25, 0.3) is 11.5 Å². The number of hydrogen-bond acceptors (Lipinski definition) is 4. The zero-order chi connectivity index (χ0) is 17.5. The van der Waals surface area contributed by atoms with E-state index in [1.165, 1.54) is 0 Å². The SMILES string of the molecule is CCCCNC(=O)C[S@](=O)Cc1nc(-c2ccccc2C)oc1C. The summed E-state index contributed by atoms with van der Waals surface area (Å²) in [6.07, 6.45) is 1.95. The molecule has 0 unspecified atom stereocenters. The molecule has 130 valence electrons. The summed E-state index contributed by atoms with van der Waals surface area (Å²) >= 11 is 0. The van der Waals surface area contributed by atoms with E-state index in [2.05, 4.69) is 17.2 Å². The summed E-state index contributed by atoms with van der Waals surface area (Å²) in [5, 5.41) is 2.78. The predicted molar refractivity (Wildman–Crippen MR) is 96.0 cm³/mol. The van der Waals surface area contributed by atoms with Crippen LogP contribution in [-0.4, -0.2) is 27.4 Å². The van der Waals surface area contributed by atoms with Crippen LogP contribution in [-0.2, 0) is 21.3 Å². The van der Waals surface area contributed by atoms with Gasteiger partial charge in [0.05, 0.1) is 11.4 Å². The Morgan fingerprint density at radius 3 is 2.75 bits per heavy atom. The first-order chi connectivity index (χ1) is 11.5. The molecule has 0 saturated carbocycles. The fourth-order valence-corrected chi connectivity index (χ4v) is 3.36. The fraction of sp³-hybridized carbons (Fsp3) is 0.444. The highest BCUT2D eigenvalue weighted by atomic mass is 32.2. The van der Waals surface area contributed by atoms with E-state index in [4.69, 9.17) is 4.42 Å². The number of nitrogens with one attached hydrogen (secondary N) is 1. The molecule has 6 heteroatoms. The van der Waals surface area contributed by atoms with Gasteiger partial charge in [0.15, 0.2) is 0 Å². The monoisotopic (exact) mass is 348 g/mol. The van der Waals surface area contributed by atoms with Crippen molar-refractivity contribution in [3.05, 3.63) is 41.3 Å². The van der Waals surface area contributed by atoms with E-state index in [9.17, 15) is 9.00 Å². The number of carbonyl (C=O) groups excluding carboxylic acids is 1. The van der Waals surface area contributed by atoms with Crippen LogP contribution in [0.3, 0.4) is 0 Å². The van der Waals surface area contributed by atoms with Crippen LogP contribution in [0.4, 0.5) is 0 Å². The molecule has 0 saturated heterocycles. The first kappa shape index (κ1) is 18.4.